The van der Waals surface area contributed by atoms with Crippen molar-refractivity contribution in [2.75, 3.05) is 13.3 Å². The predicted molar refractivity (Wildman–Crippen MR) is 194 cm³/mol. The number of nitrogens with one attached hydrogen (secondary N) is 3. The Balaban J connectivity index is 3.48. The molecule has 45 heavy (non-hydrogen) atoms. The standard InChI is InChI=1S/C39H75N3O3/c1-5-7-8-9-10-11-16-19-22-25-28-31-36(3)42-45-35-40-34-38(6-2)41-39(44)33-30-27-24-21-18-15-13-12-14-17-20-23-26-29-32-37(4)43/h6,38,40,42H,2-3,5,7-35H2,1,4H3,(H,41,44). The van der Waals surface area contributed by atoms with Crippen LogP contribution in [0.1, 0.15) is 194 Å². The van der Waals surface area contributed by atoms with Gasteiger partial charge in [-0.2, -0.15) is 0 Å². The molecule has 0 spiro atoms. The van der Waals surface area contributed by atoms with Crippen LogP contribution >= 0.6 is 0 Å². The molecule has 3 N–H and O–H groups in total. The maximum atomic E-state index is 12.3. The van der Waals surface area contributed by atoms with Gasteiger partial charge in [-0.15, -0.1) is 6.58 Å². The molecule has 6 nitrogen and oxygen atoms in total. The van der Waals surface area contributed by atoms with Crippen molar-refractivity contribution in [1.29, 1.82) is 0 Å². The number of hydroxylamine groups is 1. The topological polar surface area (TPSA) is 79.5 Å². The third kappa shape index (κ3) is 35.0. The Labute approximate surface area is 279 Å². The molecule has 0 aliphatic heterocycles. The van der Waals surface area contributed by atoms with Crippen molar-refractivity contribution in [3.8, 4) is 0 Å². The molecule has 0 radical (unpaired) electrons. The van der Waals surface area contributed by atoms with Crippen LogP contribution in [0.5, 0.6) is 0 Å². The summed E-state index contributed by atoms with van der Waals surface area (Å²) in [5, 5.41) is 6.27. The van der Waals surface area contributed by atoms with Gasteiger partial charge in [-0.25, -0.2) is 0 Å². The molecule has 0 aliphatic carbocycles. The molecule has 0 aromatic rings. The van der Waals surface area contributed by atoms with Crippen LogP contribution in [0.3, 0.4) is 0 Å². The van der Waals surface area contributed by atoms with Gasteiger partial charge in [0.1, 0.15) is 12.5 Å². The number of unbranched alkanes of at least 4 members (excludes halogenated alkanes) is 23. The third-order valence-corrected chi connectivity index (χ3v) is 8.65. The van der Waals surface area contributed by atoms with Crippen LogP contribution in [0.15, 0.2) is 24.9 Å². The fraction of sp³-hybridized carbons (Fsp3) is 0.846. The van der Waals surface area contributed by atoms with Crippen molar-refractivity contribution in [2.45, 2.75) is 200 Å². The summed E-state index contributed by atoms with van der Waals surface area (Å²) in [5.74, 6) is 0.420. The zero-order chi connectivity index (χ0) is 33.1. The first kappa shape index (κ1) is 43.3. The minimum Gasteiger partial charge on any atom is -0.349 e. The van der Waals surface area contributed by atoms with Gasteiger partial charge in [0.05, 0.1) is 6.04 Å². The van der Waals surface area contributed by atoms with Crippen LogP contribution in [0, 0.1) is 0 Å². The van der Waals surface area contributed by atoms with E-state index in [-0.39, 0.29) is 11.9 Å². The van der Waals surface area contributed by atoms with Crippen molar-refractivity contribution in [3.05, 3.63) is 24.9 Å². The lowest BCUT2D eigenvalue weighted by atomic mass is 10.0. The molecule has 0 aromatic carbocycles. The lowest BCUT2D eigenvalue weighted by molar-refractivity contribution is -0.121. The molecule has 0 aromatic heterocycles. The Morgan fingerprint density at radius 3 is 1.44 bits per heavy atom. The molecule has 6 heteroatoms. The van der Waals surface area contributed by atoms with Crippen molar-refractivity contribution < 1.29 is 14.4 Å². The van der Waals surface area contributed by atoms with Gasteiger partial charge in [-0.1, -0.05) is 161 Å². The van der Waals surface area contributed by atoms with Gasteiger partial charge in [0, 0.05) is 25.1 Å². The zero-order valence-electron chi connectivity index (χ0n) is 30.0. The number of hydrogen-bond donors (Lipinski definition) is 3. The molecule has 0 saturated carbocycles. The summed E-state index contributed by atoms with van der Waals surface area (Å²) < 4.78 is 0. The molecule has 1 atom stereocenters. The molecule has 0 heterocycles. The number of carbonyl (C=O) groups is 2. The van der Waals surface area contributed by atoms with E-state index in [1.165, 1.54) is 135 Å². The summed E-state index contributed by atoms with van der Waals surface area (Å²) in [6, 6.07) is -0.104. The van der Waals surface area contributed by atoms with Crippen LogP contribution in [0.25, 0.3) is 0 Å². The highest BCUT2D eigenvalue weighted by Gasteiger charge is 2.08. The zero-order valence-corrected chi connectivity index (χ0v) is 30.0. The normalized spacial score (nSPS) is 11.8. The van der Waals surface area contributed by atoms with Crippen molar-refractivity contribution >= 4 is 11.7 Å². The van der Waals surface area contributed by atoms with Gasteiger partial charge in [0.15, 0.2) is 0 Å². The second kappa shape index (κ2) is 35.2. The summed E-state index contributed by atoms with van der Waals surface area (Å²) in [6.07, 6.45) is 36.3. The average molecular weight is 634 g/mol. The Hall–Kier alpha value is -1.66. The summed E-state index contributed by atoms with van der Waals surface area (Å²) in [7, 11) is 0. The second-order valence-electron chi connectivity index (χ2n) is 13.3. The van der Waals surface area contributed by atoms with E-state index in [0.29, 0.717) is 25.5 Å². The first-order chi connectivity index (χ1) is 22.0. The molecule has 0 saturated heterocycles. The highest BCUT2D eigenvalue weighted by Crippen LogP contribution is 2.15. The van der Waals surface area contributed by atoms with E-state index in [9.17, 15) is 9.59 Å². The molecule has 0 fully saturated rings. The van der Waals surface area contributed by atoms with E-state index in [1.807, 2.05) is 0 Å². The van der Waals surface area contributed by atoms with Crippen LogP contribution in [-0.4, -0.2) is 31.0 Å². The van der Waals surface area contributed by atoms with Gasteiger partial charge < -0.3 is 10.1 Å². The number of amides is 1. The van der Waals surface area contributed by atoms with Crippen LogP contribution < -0.4 is 16.1 Å². The first-order valence-corrected chi connectivity index (χ1v) is 19.2. The Morgan fingerprint density at radius 2 is 1.02 bits per heavy atom. The Bertz CT molecular complexity index is 697. The van der Waals surface area contributed by atoms with Crippen molar-refractivity contribution in [3.63, 3.8) is 0 Å². The SMILES string of the molecule is C=CC(CNCONC(=C)CCCCCCCCCCCCC)NC(=O)CCCCCCCCCCCCCCCCC(C)=O. The summed E-state index contributed by atoms with van der Waals surface area (Å²) in [4.78, 5) is 28.8. The molecular weight excluding hydrogens is 558 g/mol. The second-order valence-corrected chi connectivity index (χ2v) is 13.3. The Kier molecular flexibility index (Phi) is 33.9. The number of carbonyl (C=O) groups excluding carboxylic acids is 2. The van der Waals surface area contributed by atoms with E-state index >= 15 is 0 Å². The van der Waals surface area contributed by atoms with Gasteiger partial charge in [0.2, 0.25) is 5.91 Å². The van der Waals surface area contributed by atoms with Crippen LogP contribution in [0.2, 0.25) is 0 Å². The Morgan fingerprint density at radius 1 is 0.622 bits per heavy atom. The average Bonchev–Trinajstić information content (AvgIpc) is 3.02. The van der Waals surface area contributed by atoms with Crippen LogP contribution in [0.4, 0.5) is 0 Å². The summed E-state index contributed by atoms with van der Waals surface area (Å²) >= 11 is 0. The fourth-order valence-corrected chi connectivity index (χ4v) is 5.71. The minimum absolute atomic E-state index is 0.0972. The summed E-state index contributed by atoms with van der Waals surface area (Å²) in [6.45, 7) is 12.8. The largest absolute Gasteiger partial charge is 0.349 e. The lowest BCUT2D eigenvalue weighted by Crippen LogP contribution is -2.41. The van der Waals surface area contributed by atoms with E-state index in [4.69, 9.17) is 4.84 Å². The van der Waals surface area contributed by atoms with Crippen LogP contribution in [-0.2, 0) is 14.4 Å². The fourth-order valence-electron chi connectivity index (χ4n) is 5.71. The quantitative estimate of drug-likeness (QED) is 0.0274. The number of Topliss-reactive ketones (excluding diaryl/α,β-unsaturated/α-hetero) is 1. The smallest absolute Gasteiger partial charge is 0.220 e. The van der Waals surface area contributed by atoms with E-state index in [1.54, 1.807) is 13.0 Å². The van der Waals surface area contributed by atoms with Gasteiger partial charge in [-0.05, 0) is 32.6 Å². The first-order valence-electron chi connectivity index (χ1n) is 19.2. The van der Waals surface area contributed by atoms with Crippen molar-refractivity contribution in [1.82, 2.24) is 16.1 Å². The highest BCUT2D eigenvalue weighted by molar-refractivity contribution is 5.76. The monoisotopic (exact) mass is 634 g/mol. The molecular formula is C39H75N3O3. The molecule has 1 unspecified atom stereocenters. The van der Waals surface area contributed by atoms with Gasteiger partial charge in [-0.3, -0.25) is 20.4 Å². The van der Waals surface area contributed by atoms with E-state index in [2.05, 4.69) is 36.2 Å². The number of allylic oxidation sites excluding steroid dienone is 1. The number of rotatable bonds is 37. The molecule has 0 aliphatic rings. The number of ketones is 1. The molecule has 0 bridgehead atoms. The molecule has 0 rings (SSSR count). The minimum atomic E-state index is -0.104. The highest BCUT2D eigenvalue weighted by atomic mass is 16.7. The lowest BCUT2D eigenvalue weighted by Gasteiger charge is -2.16. The van der Waals surface area contributed by atoms with Crippen molar-refractivity contribution in [2.24, 2.45) is 0 Å². The third-order valence-electron chi connectivity index (χ3n) is 8.65. The summed E-state index contributed by atoms with van der Waals surface area (Å²) in [5.41, 5.74) is 3.86. The molecule has 264 valence electrons. The van der Waals surface area contributed by atoms with Gasteiger partial charge >= 0.3 is 0 Å². The van der Waals surface area contributed by atoms with E-state index < -0.39 is 0 Å². The van der Waals surface area contributed by atoms with Gasteiger partial charge in [0.25, 0.3) is 0 Å². The molecule has 1 amide bonds. The van der Waals surface area contributed by atoms with E-state index in [0.717, 1.165) is 44.2 Å². The predicted octanol–water partition coefficient (Wildman–Crippen LogP) is 10.8. The number of hydrogen-bond acceptors (Lipinski definition) is 5. The maximum Gasteiger partial charge on any atom is 0.220 e. The maximum absolute atomic E-state index is 12.3.